The van der Waals surface area contributed by atoms with Crippen molar-refractivity contribution in [1.82, 2.24) is 9.97 Å². The summed E-state index contributed by atoms with van der Waals surface area (Å²) in [5, 5.41) is 3.76. The largest absolute Gasteiger partial charge is 0.454 e. The highest BCUT2D eigenvalue weighted by molar-refractivity contribution is 6.29. The number of benzene rings is 1. The average molecular weight is 348 g/mol. The Morgan fingerprint density at radius 2 is 1.96 bits per heavy atom. The Balaban J connectivity index is 1.60. The third-order valence-electron chi connectivity index (χ3n) is 4.65. The number of halogens is 1. The van der Waals surface area contributed by atoms with Gasteiger partial charge >= 0.3 is 0 Å². The summed E-state index contributed by atoms with van der Waals surface area (Å²) in [4.78, 5) is 8.33. The molecule has 4 rings (SSSR count). The third-order valence-corrected chi connectivity index (χ3v) is 4.83. The lowest BCUT2D eigenvalue weighted by molar-refractivity contribution is 0.0543. The minimum Gasteiger partial charge on any atom is -0.454 e. The van der Waals surface area contributed by atoms with Gasteiger partial charge in [-0.2, -0.15) is 0 Å². The molecule has 1 aromatic heterocycles. The van der Waals surface area contributed by atoms with E-state index in [4.69, 9.17) is 25.8 Å². The first-order valence-electron chi connectivity index (χ1n) is 7.95. The van der Waals surface area contributed by atoms with Crippen LogP contribution >= 0.6 is 11.6 Å². The molecule has 2 aliphatic heterocycles. The van der Waals surface area contributed by atoms with Crippen LogP contribution in [-0.4, -0.2) is 36.5 Å². The zero-order chi connectivity index (χ0) is 16.4. The number of aromatic nitrogens is 2. The van der Waals surface area contributed by atoms with E-state index in [-0.39, 0.29) is 12.2 Å². The minimum atomic E-state index is -0.0524. The lowest BCUT2D eigenvalue weighted by Crippen LogP contribution is -2.40. The molecule has 126 valence electrons. The molecule has 7 heteroatoms. The standard InChI is InChI=1S/C17H18ClN3O3/c18-15-8-19-9-16(21-15)20-10-17(3-5-22-6-4-17)12-1-2-13-14(7-12)24-11-23-13/h1-2,7-9H,3-6,10-11H2,(H,20,21). The molecule has 0 unspecified atom stereocenters. The molecule has 0 spiro atoms. The van der Waals surface area contributed by atoms with Gasteiger partial charge in [-0.1, -0.05) is 17.7 Å². The van der Waals surface area contributed by atoms with Gasteiger partial charge in [-0.3, -0.25) is 4.98 Å². The highest BCUT2D eigenvalue weighted by Gasteiger charge is 2.35. The number of fused-ring (bicyclic) bond motifs is 1. The fourth-order valence-corrected chi connectivity index (χ4v) is 3.39. The van der Waals surface area contributed by atoms with Gasteiger partial charge in [-0.05, 0) is 30.5 Å². The number of anilines is 1. The lowest BCUT2D eigenvalue weighted by atomic mass is 9.74. The fraction of sp³-hybridized carbons (Fsp3) is 0.412. The van der Waals surface area contributed by atoms with Crippen LogP contribution in [0.15, 0.2) is 30.6 Å². The Hall–Kier alpha value is -2.05. The van der Waals surface area contributed by atoms with Crippen LogP contribution in [0.25, 0.3) is 0 Å². The van der Waals surface area contributed by atoms with E-state index in [2.05, 4.69) is 27.4 Å². The summed E-state index contributed by atoms with van der Waals surface area (Å²) in [5.41, 5.74) is 1.17. The second-order valence-electron chi connectivity index (χ2n) is 6.04. The maximum absolute atomic E-state index is 5.92. The maximum Gasteiger partial charge on any atom is 0.231 e. The molecule has 0 amide bonds. The van der Waals surface area contributed by atoms with Crippen LogP contribution < -0.4 is 14.8 Å². The maximum atomic E-state index is 5.92. The molecule has 1 aromatic carbocycles. The fourth-order valence-electron chi connectivity index (χ4n) is 3.24. The van der Waals surface area contributed by atoms with E-state index in [1.165, 1.54) is 11.8 Å². The molecular weight excluding hydrogens is 330 g/mol. The van der Waals surface area contributed by atoms with Gasteiger partial charge in [-0.25, -0.2) is 4.98 Å². The summed E-state index contributed by atoms with van der Waals surface area (Å²) < 4.78 is 16.5. The zero-order valence-corrected chi connectivity index (χ0v) is 13.9. The molecule has 0 aliphatic carbocycles. The van der Waals surface area contributed by atoms with Gasteiger partial charge in [0.05, 0.1) is 12.4 Å². The monoisotopic (exact) mass is 347 g/mol. The summed E-state index contributed by atoms with van der Waals surface area (Å²) >= 11 is 5.92. The molecule has 24 heavy (non-hydrogen) atoms. The number of hydrogen-bond acceptors (Lipinski definition) is 6. The van der Waals surface area contributed by atoms with E-state index in [0.717, 1.165) is 44.1 Å². The Kier molecular flexibility index (Phi) is 4.16. The van der Waals surface area contributed by atoms with Gasteiger partial charge in [0, 0.05) is 25.2 Å². The topological polar surface area (TPSA) is 65.5 Å². The summed E-state index contributed by atoms with van der Waals surface area (Å²) in [6.07, 6.45) is 5.05. The highest BCUT2D eigenvalue weighted by Crippen LogP contribution is 2.40. The van der Waals surface area contributed by atoms with Crippen molar-refractivity contribution < 1.29 is 14.2 Å². The first-order chi connectivity index (χ1) is 11.8. The zero-order valence-electron chi connectivity index (χ0n) is 13.1. The Morgan fingerprint density at radius 3 is 2.79 bits per heavy atom. The molecule has 1 saturated heterocycles. The number of hydrogen-bond donors (Lipinski definition) is 1. The van der Waals surface area contributed by atoms with E-state index < -0.39 is 0 Å². The molecule has 6 nitrogen and oxygen atoms in total. The van der Waals surface area contributed by atoms with Crippen LogP contribution in [-0.2, 0) is 10.2 Å². The molecule has 0 bridgehead atoms. The molecular formula is C17H18ClN3O3. The molecule has 0 saturated carbocycles. The van der Waals surface area contributed by atoms with Gasteiger partial charge in [0.25, 0.3) is 0 Å². The molecule has 0 atom stereocenters. The average Bonchev–Trinajstić information content (AvgIpc) is 3.09. The first kappa shape index (κ1) is 15.5. The van der Waals surface area contributed by atoms with Crippen molar-refractivity contribution in [2.75, 3.05) is 31.9 Å². The van der Waals surface area contributed by atoms with E-state index >= 15 is 0 Å². The normalized spacial score (nSPS) is 18.4. The van der Waals surface area contributed by atoms with Crippen molar-refractivity contribution in [2.45, 2.75) is 18.3 Å². The van der Waals surface area contributed by atoms with Gasteiger partial charge in [0.2, 0.25) is 6.79 Å². The molecule has 3 heterocycles. The van der Waals surface area contributed by atoms with Crippen molar-refractivity contribution in [3.8, 4) is 11.5 Å². The summed E-state index contributed by atoms with van der Waals surface area (Å²) in [5.74, 6) is 2.28. The van der Waals surface area contributed by atoms with Crippen molar-refractivity contribution >= 4 is 17.4 Å². The Labute approximate surface area is 145 Å². The second kappa shape index (κ2) is 6.45. The van der Waals surface area contributed by atoms with Gasteiger partial charge in [0.1, 0.15) is 11.0 Å². The second-order valence-corrected chi connectivity index (χ2v) is 6.43. The molecule has 2 aromatic rings. The van der Waals surface area contributed by atoms with E-state index in [1.54, 1.807) is 6.20 Å². The Morgan fingerprint density at radius 1 is 1.12 bits per heavy atom. The summed E-state index contributed by atoms with van der Waals surface area (Å²) in [7, 11) is 0. The first-order valence-corrected chi connectivity index (χ1v) is 8.32. The van der Waals surface area contributed by atoms with Crippen molar-refractivity contribution in [1.29, 1.82) is 0 Å². The van der Waals surface area contributed by atoms with Crippen LogP contribution in [0.4, 0.5) is 5.82 Å². The number of nitrogens with one attached hydrogen (secondary N) is 1. The number of nitrogens with zero attached hydrogens (tertiary/aromatic N) is 2. The van der Waals surface area contributed by atoms with Crippen molar-refractivity contribution in [3.63, 3.8) is 0 Å². The smallest absolute Gasteiger partial charge is 0.231 e. The highest BCUT2D eigenvalue weighted by atomic mass is 35.5. The quantitative estimate of drug-likeness (QED) is 0.917. The van der Waals surface area contributed by atoms with E-state index in [9.17, 15) is 0 Å². The number of rotatable bonds is 4. The minimum absolute atomic E-state index is 0.0524. The molecule has 1 fully saturated rings. The summed E-state index contributed by atoms with van der Waals surface area (Å²) in [6, 6.07) is 6.18. The van der Waals surface area contributed by atoms with Gasteiger partial charge < -0.3 is 19.5 Å². The molecule has 2 aliphatic rings. The third kappa shape index (κ3) is 2.99. The lowest BCUT2D eigenvalue weighted by Gasteiger charge is -2.38. The predicted molar refractivity (Wildman–Crippen MR) is 89.8 cm³/mol. The Bertz CT molecular complexity index is 735. The SMILES string of the molecule is Clc1cncc(NCC2(c3ccc4c(c3)OCO4)CCOCC2)n1. The van der Waals surface area contributed by atoms with Crippen LogP contribution in [0, 0.1) is 0 Å². The van der Waals surface area contributed by atoms with Crippen LogP contribution in [0.3, 0.4) is 0 Å². The van der Waals surface area contributed by atoms with Crippen molar-refractivity contribution in [2.24, 2.45) is 0 Å². The van der Waals surface area contributed by atoms with Crippen LogP contribution in [0.2, 0.25) is 5.15 Å². The van der Waals surface area contributed by atoms with Crippen LogP contribution in [0.1, 0.15) is 18.4 Å². The number of ether oxygens (including phenoxy) is 3. The predicted octanol–water partition coefficient (Wildman–Crippen LogP) is 3.02. The van der Waals surface area contributed by atoms with Crippen LogP contribution in [0.5, 0.6) is 11.5 Å². The van der Waals surface area contributed by atoms with E-state index in [1.807, 2.05) is 6.07 Å². The molecule has 1 N–H and O–H groups in total. The van der Waals surface area contributed by atoms with Gasteiger partial charge in [-0.15, -0.1) is 0 Å². The van der Waals surface area contributed by atoms with Gasteiger partial charge in [0.15, 0.2) is 11.5 Å². The summed E-state index contributed by atoms with van der Waals surface area (Å²) in [6.45, 7) is 2.48. The van der Waals surface area contributed by atoms with Crippen molar-refractivity contribution in [3.05, 3.63) is 41.3 Å². The van der Waals surface area contributed by atoms with E-state index in [0.29, 0.717) is 11.0 Å². The molecule has 0 radical (unpaired) electrons.